The summed E-state index contributed by atoms with van der Waals surface area (Å²) in [5.41, 5.74) is 2.46. The quantitative estimate of drug-likeness (QED) is 0.855. The number of piperidine rings is 1. The van der Waals surface area contributed by atoms with Crippen LogP contribution < -0.4 is 14.4 Å². The molecule has 25 heavy (non-hydrogen) atoms. The standard InChI is InChI=1S/C19H23N3O3/c1-23-15-3-4-16-14(13-15)6-12-25-19(16)7-10-22(11-8-19)18-20-9-5-17(21-18)24-2/h3-5,9,13H,6-8,10-12H2,1-2H3. The Morgan fingerprint density at radius 1 is 1.12 bits per heavy atom. The van der Waals surface area contributed by atoms with Crippen LogP contribution in [0.3, 0.4) is 0 Å². The van der Waals surface area contributed by atoms with Gasteiger partial charge in [-0.25, -0.2) is 4.98 Å². The third-order valence-electron chi connectivity index (χ3n) is 5.23. The highest BCUT2D eigenvalue weighted by Crippen LogP contribution is 2.42. The number of hydrogen-bond donors (Lipinski definition) is 0. The number of aromatic nitrogens is 2. The van der Waals surface area contributed by atoms with Crippen LogP contribution in [0, 0.1) is 0 Å². The van der Waals surface area contributed by atoms with Gasteiger partial charge in [-0.15, -0.1) is 0 Å². The van der Waals surface area contributed by atoms with Crippen LogP contribution in [0.4, 0.5) is 5.95 Å². The minimum absolute atomic E-state index is 0.199. The van der Waals surface area contributed by atoms with E-state index in [1.54, 1.807) is 26.5 Å². The lowest BCUT2D eigenvalue weighted by atomic mass is 9.79. The van der Waals surface area contributed by atoms with Crippen molar-refractivity contribution >= 4 is 5.95 Å². The summed E-state index contributed by atoms with van der Waals surface area (Å²) >= 11 is 0. The Morgan fingerprint density at radius 3 is 2.72 bits per heavy atom. The monoisotopic (exact) mass is 341 g/mol. The second-order valence-electron chi connectivity index (χ2n) is 6.50. The maximum atomic E-state index is 6.30. The van der Waals surface area contributed by atoms with Gasteiger partial charge in [-0.1, -0.05) is 6.07 Å². The summed E-state index contributed by atoms with van der Waals surface area (Å²) in [6, 6.07) is 8.12. The smallest absolute Gasteiger partial charge is 0.228 e. The summed E-state index contributed by atoms with van der Waals surface area (Å²) in [5, 5.41) is 0. The van der Waals surface area contributed by atoms with E-state index in [-0.39, 0.29) is 5.60 Å². The zero-order valence-corrected chi connectivity index (χ0v) is 14.7. The third-order valence-corrected chi connectivity index (χ3v) is 5.23. The molecule has 1 saturated heterocycles. The van der Waals surface area contributed by atoms with Crippen LogP contribution in [-0.4, -0.2) is 43.9 Å². The number of benzene rings is 1. The molecule has 0 aliphatic carbocycles. The van der Waals surface area contributed by atoms with Crippen molar-refractivity contribution in [1.29, 1.82) is 0 Å². The molecule has 0 saturated carbocycles. The average Bonchev–Trinajstić information content (AvgIpc) is 2.68. The van der Waals surface area contributed by atoms with Crippen LogP contribution in [0.15, 0.2) is 30.5 Å². The summed E-state index contributed by atoms with van der Waals surface area (Å²) in [5.74, 6) is 2.23. The molecule has 4 rings (SSSR count). The molecule has 2 aliphatic heterocycles. The molecule has 1 aromatic carbocycles. The van der Waals surface area contributed by atoms with Gasteiger partial charge in [0.15, 0.2) is 0 Å². The number of nitrogens with zero attached hydrogens (tertiary/aromatic N) is 3. The van der Waals surface area contributed by atoms with E-state index in [1.807, 2.05) is 6.07 Å². The van der Waals surface area contributed by atoms with Crippen molar-refractivity contribution in [3.05, 3.63) is 41.6 Å². The maximum Gasteiger partial charge on any atom is 0.228 e. The van der Waals surface area contributed by atoms with Crippen molar-refractivity contribution in [3.63, 3.8) is 0 Å². The molecule has 0 atom stereocenters. The number of methoxy groups -OCH3 is 2. The van der Waals surface area contributed by atoms with Gasteiger partial charge < -0.3 is 19.1 Å². The minimum Gasteiger partial charge on any atom is -0.497 e. The van der Waals surface area contributed by atoms with Crippen molar-refractivity contribution in [2.24, 2.45) is 0 Å². The molecule has 0 radical (unpaired) electrons. The molecule has 0 bridgehead atoms. The van der Waals surface area contributed by atoms with Crippen molar-refractivity contribution in [2.75, 3.05) is 38.8 Å². The van der Waals surface area contributed by atoms with Gasteiger partial charge in [0.2, 0.25) is 11.8 Å². The third kappa shape index (κ3) is 2.91. The highest BCUT2D eigenvalue weighted by molar-refractivity contribution is 5.42. The minimum atomic E-state index is -0.199. The van der Waals surface area contributed by atoms with E-state index >= 15 is 0 Å². The fourth-order valence-electron chi connectivity index (χ4n) is 3.86. The zero-order valence-electron chi connectivity index (χ0n) is 14.7. The van der Waals surface area contributed by atoms with E-state index in [4.69, 9.17) is 14.2 Å². The van der Waals surface area contributed by atoms with Crippen LogP contribution >= 0.6 is 0 Å². The summed E-state index contributed by atoms with van der Waals surface area (Å²) < 4.78 is 16.9. The number of anilines is 1. The normalized spacial score (nSPS) is 18.7. The number of fused-ring (bicyclic) bond motifs is 2. The first kappa shape index (κ1) is 16.1. The molecule has 6 nitrogen and oxygen atoms in total. The molecule has 132 valence electrons. The topological polar surface area (TPSA) is 56.7 Å². The van der Waals surface area contributed by atoms with Gasteiger partial charge in [0.05, 0.1) is 26.4 Å². The summed E-state index contributed by atoms with van der Waals surface area (Å²) in [4.78, 5) is 11.0. The summed E-state index contributed by atoms with van der Waals surface area (Å²) in [7, 11) is 3.34. The lowest BCUT2D eigenvalue weighted by molar-refractivity contribution is -0.0768. The fourth-order valence-corrected chi connectivity index (χ4v) is 3.86. The Bertz CT molecular complexity index is 757. The summed E-state index contributed by atoms with van der Waals surface area (Å²) in [6.45, 7) is 2.48. The number of ether oxygens (including phenoxy) is 3. The van der Waals surface area contributed by atoms with Gasteiger partial charge in [0.25, 0.3) is 0 Å². The molecule has 1 aromatic heterocycles. The molecule has 1 spiro atoms. The highest BCUT2D eigenvalue weighted by Gasteiger charge is 2.41. The number of rotatable bonds is 3. The van der Waals surface area contributed by atoms with Gasteiger partial charge >= 0.3 is 0 Å². The van der Waals surface area contributed by atoms with Crippen LogP contribution in [-0.2, 0) is 16.8 Å². The van der Waals surface area contributed by atoms with E-state index in [1.165, 1.54) is 11.1 Å². The second kappa shape index (κ2) is 6.52. The van der Waals surface area contributed by atoms with Crippen molar-refractivity contribution in [1.82, 2.24) is 9.97 Å². The molecular weight excluding hydrogens is 318 g/mol. The Kier molecular flexibility index (Phi) is 4.21. The SMILES string of the molecule is COc1ccc2c(c1)CCOC21CCN(c2nccc(OC)n2)CC1. The van der Waals surface area contributed by atoms with E-state index in [2.05, 4.69) is 27.0 Å². The average molecular weight is 341 g/mol. The first-order chi connectivity index (χ1) is 12.2. The Hall–Kier alpha value is -2.34. The van der Waals surface area contributed by atoms with Gasteiger partial charge in [-0.05, 0) is 42.5 Å². The molecular formula is C19H23N3O3. The van der Waals surface area contributed by atoms with Crippen molar-refractivity contribution in [2.45, 2.75) is 24.9 Å². The first-order valence-electron chi connectivity index (χ1n) is 8.67. The van der Waals surface area contributed by atoms with E-state index in [9.17, 15) is 0 Å². The maximum absolute atomic E-state index is 6.30. The summed E-state index contributed by atoms with van der Waals surface area (Å²) in [6.07, 6.45) is 4.53. The van der Waals surface area contributed by atoms with Gasteiger partial charge in [-0.2, -0.15) is 4.98 Å². The van der Waals surface area contributed by atoms with E-state index in [0.29, 0.717) is 5.88 Å². The van der Waals surface area contributed by atoms with E-state index in [0.717, 1.165) is 50.7 Å². The first-order valence-corrected chi connectivity index (χ1v) is 8.67. The van der Waals surface area contributed by atoms with Crippen LogP contribution in [0.25, 0.3) is 0 Å². The Morgan fingerprint density at radius 2 is 1.96 bits per heavy atom. The lowest BCUT2D eigenvalue weighted by Gasteiger charge is -2.45. The van der Waals surface area contributed by atoms with Crippen LogP contribution in [0.2, 0.25) is 0 Å². The molecule has 0 amide bonds. The van der Waals surface area contributed by atoms with Gasteiger partial charge in [0, 0.05) is 25.4 Å². The molecule has 2 aromatic rings. The molecule has 0 unspecified atom stereocenters. The van der Waals surface area contributed by atoms with Crippen LogP contribution in [0.1, 0.15) is 24.0 Å². The van der Waals surface area contributed by atoms with Crippen molar-refractivity contribution < 1.29 is 14.2 Å². The Balaban J connectivity index is 1.55. The second-order valence-corrected chi connectivity index (χ2v) is 6.50. The largest absolute Gasteiger partial charge is 0.497 e. The van der Waals surface area contributed by atoms with Crippen molar-refractivity contribution in [3.8, 4) is 11.6 Å². The molecule has 0 N–H and O–H groups in total. The van der Waals surface area contributed by atoms with Crippen LogP contribution in [0.5, 0.6) is 11.6 Å². The zero-order chi connectivity index (χ0) is 17.3. The fraction of sp³-hybridized carbons (Fsp3) is 0.474. The predicted molar refractivity (Wildman–Crippen MR) is 94.4 cm³/mol. The predicted octanol–water partition coefficient (Wildman–Crippen LogP) is 2.56. The number of hydrogen-bond acceptors (Lipinski definition) is 6. The van der Waals surface area contributed by atoms with Gasteiger partial charge in [-0.3, -0.25) is 0 Å². The highest BCUT2D eigenvalue weighted by atomic mass is 16.5. The molecule has 6 heteroatoms. The van der Waals surface area contributed by atoms with Gasteiger partial charge in [0.1, 0.15) is 5.75 Å². The lowest BCUT2D eigenvalue weighted by Crippen LogP contribution is -2.47. The molecule has 1 fully saturated rings. The van der Waals surface area contributed by atoms with E-state index < -0.39 is 0 Å². The molecule has 3 heterocycles. The Labute approximate surface area is 147 Å². The molecule has 2 aliphatic rings.